The van der Waals surface area contributed by atoms with Gasteiger partial charge in [-0.25, -0.2) is 0 Å². The van der Waals surface area contributed by atoms with Crippen LogP contribution < -0.4 is 10.6 Å². The molecule has 3 rings (SSSR count). The summed E-state index contributed by atoms with van der Waals surface area (Å²) in [6.07, 6.45) is 13.2. The Morgan fingerprint density at radius 2 is 1.62 bits per heavy atom. The molecule has 2 atom stereocenters. The summed E-state index contributed by atoms with van der Waals surface area (Å²) in [5, 5.41) is 6.11. The van der Waals surface area contributed by atoms with E-state index in [1.165, 1.54) is 38.5 Å². The third kappa shape index (κ3) is 5.47. The molecule has 0 aromatic rings. The molecule has 0 bridgehead atoms. The van der Waals surface area contributed by atoms with Crippen LogP contribution >= 0.6 is 0 Å². The first-order chi connectivity index (χ1) is 11.7. The molecular formula is C19H32N2O3. The van der Waals surface area contributed by atoms with E-state index in [9.17, 15) is 9.59 Å². The van der Waals surface area contributed by atoms with E-state index in [1.54, 1.807) is 0 Å². The minimum atomic E-state index is 0.0996. The highest BCUT2D eigenvalue weighted by Gasteiger charge is 2.31. The van der Waals surface area contributed by atoms with E-state index < -0.39 is 0 Å². The Balaban J connectivity index is 1.34. The Hall–Kier alpha value is -1.10. The van der Waals surface area contributed by atoms with Gasteiger partial charge in [0.25, 0.3) is 0 Å². The largest absolute Gasteiger partial charge is 0.373 e. The first-order valence-corrected chi connectivity index (χ1v) is 9.95. The molecular weight excluding hydrogens is 304 g/mol. The van der Waals surface area contributed by atoms with E-state index in [1.807, 2.05) is 0 Å². The van der Waals surface area contributed by atoms with Crippen molar-refractivity contribution < 1.29 is 14.3 Å². The Bertz CT molecular complexity index is 430. The lowest BCUT2D eigenvalue weighted by Gasteiger charge is -2.34. The Kier molecular flexibility index (Phi) is 6.52. The number of carbonyl (C=O) groups excluding carboxylic acids is 2. The highest BCUT2D eigenvalue weighted by atomic mass is 16.5. The summed E-state index contributed by atoms with van der Waals surface area (Å²) >= 11 is 0. The maximum atomic E-state index is 12.2. The maximum Gasteiger partial charge on any atom is 0.223 e. The monoisotopic (exact) mass is 336 g/mol. The zero-order valence-corrected chi connectivity index (χ0v) is 14.7. The third-order valence-corrected chi connectivity index (χ3v) is 5.55. The summed E-state index contributed by atoms with van der Waals surface area (Å²) in [7, 11) is 0. The highest BCUT2D eigenvalue weighted by Crippen LogP contribution is 2.29. The van der Waals surface area contributed by atoms with Gasteiger partial charge in [0.05, 0.1) is 18.2 Å². The molecule has 0 radical (unpaired) electrons. The predicted octanol–water partition coefficient (Wildman–Crippen LogP) is 2.68. The smallest absolute Gasteiger partial charge is 0.223 e. The topological polar surface area (TPSA) is 67.4 Å². The van der Waals surface area contributed by atoms with E-state index in [2.05, 4.69) is 10.6 Å². The quantitative estimate of drug-likeness (QED) is 0.670. The zero-order valence-electron chi connectivity index (χ0n) is 14.7. The van der Waals surface area contributed by atoms with Crippen molar-refractivity contribution in [3.05, 3.63) is 0 Å². The van der Waals surface area contributed by atoms with Gasteiger partial charge >= 0.3 is 0 Å². The van der Waals surface area contributed by atoms with Gasteiger partial charge in [0.2, 0.25) is 11.8 Å². The van der Waals surface area contributed by atoms with Gasteiger partial charge in [-0.3, -0.25) is 9.59 Å². The van der Waals surface area contributed by atoms with E-state index in [4.69, 9.17) is 4.74 Å². The SMILES string of the molecule is O=C(CCCNC(=O)C1CC1)N[C@H]1CCCC[C@@H]1OC1CCCC1. The molecule has 5 heteroatoms. The molecule has 0 aliphatic heterocycles. The lowest BCUT2D eigenvalue weighted by atomic mass is 9.92. The van der Waals surface area contributed by atoms with Crippen LogP contribution in [0.3, 0.4) is 0 Å². The zero-order chi connectivity index (χ0) is 16.8. The van der Waals surface area contributed by atoms with E-state index in [0.29, 0.717) is 25.5 Å². The van der Waals surface area contributed by atoms with Crippen molar-refractivity contribution in [1.82, 2.24) is 10.6 Å². The lowest BCUT2D eigenvalue weighted by molar-refractivity contribution is -0.125. The van der Waals surface area contributed by atoms with Crippen LogP contribution in [0.25, 0.3) is 0 Å². The third-order valence-electron chi connectivity index (χ3n) is 5.55. The Morgan fingerprint density at radius 3 is 2.38 bits per heavy atom. The number of ether oxygens (including phenoxy) is 1. The average Bonchev–Trinajstić information content (AvgIpc) is 3.31. The molecule has 0 aromatic carbocycles. The van der Waals surface area contributed by atoms with Crippen LogP contribution in [0.15, 0.2) is 0 Å². The number of nitrogens with one attached hydrogen (secondary N) is 2. The van der Waals surface area contributed by atoms with Crippen LogP contribution in [0.1, 0.15) is 77.0 Å². The van der Waals surface area contributed by atoms with Gasteiger partial charge in [0.15, 0.2) is 0 Å². The molecule has 3 saturated carbocycles. The molecule has 5 nitrogen and oxygen atoms in total. The normalized spacial score (nSPS) is 27.8. The summed E-state index contributed by atoms with van der Waals surface area (Å²) in [6, 6.07) is 0.174. The van der Waals surface area contributed by atoms with Crippen molar-refractivity contribution in [3.63, 3.8) is 0 Å². The van der Waals surface area contributed by atoms with E-state index in [0.717, 1.165) is 25.7 Å². The molecule has 2 N–H and O–H groups in total. The number of carbonyl (C=O) groups is 2. The van der Waals surface area contributed by atoms with Crippen LogP contribution in [0, 0.1) is 5.92 Å². The first-order valence-electron chi connectivity index (χ1n) is 9.95. The molecule has 3 aliphatic carbocycles. The van der Waals surface area contributed by atoms with Gasteiger partial charge in [-0.15, -0.1) is 0 Å². The van der Waals surface area contributed by atoms with Gasteiger partial charge in [-0.05, 0) is 44.9 Å². The standard InChI is InChI=1S/C19H32N2O3/c22-18(10-5-13-20-19(23)14-11-12-14)21-16-8-3-4-9-17(16)24-15-6-1-2-7-15/h14-17H,1-13H2,(H,20,23)(H,21,22)/t16-,17-/m0/s1. The number of hydrogen-bond acceptors (Lipinski definition) is 3. The predicted molar refractivity (Wildman–Crippen MR) is 92.5 cm³/mol. The second kappa shape index (κ2) is 8.84. The summed E-state index contributed by atoms with van der Waals surface area (Å²) in [4.78, 5) is 23.8. The van der Waals surface area contributed by atoms with Crippen molar-refractivity contribution in [1.29, 1.82) is 0 Å². The second-order valence-corrected chi connectivity index (χ2v) is 7.71. The molecule has 24 heavy (non-hydrogen) atoms. The van der Waals surface area contributed by atoms with Crippen molar-refractivity contribution >= 4 is 11.8 Å². The van der Waals surface area contributed by atoms with Crippen LogP contribution in [-0.2, 0) is 14.3 Å². The summed E-state index contributed by atoms with van der Waals surface area (Å²) in [6.45, 7) is 0.607. The van der Waals surface area contributed by atoms with Crippen LogP contribution in [-0.4, -0.2) is 36.6 Å². The number of amides is 2. The Labute approximate surface area is 145 Å². The van der Waals surface area contributed by atoms with Crippen LogP contribution in [0.2, 0.25) is 0 Å². The van der Waals surface area contributed by atoms with Gasteiger partial charge in [0.1, 0.15) is 0 Å². The van der Waals surface area contributed by atoms with Crippen LogP contribution in [0.4, 0.5) is 0 Å². The fourth-order valence-electron chi connectivity index (χ4n) is 3.93. The van der Waals surface area contributed by atoms with Gasteiger partial charge in [-0.1, -0.05) is 25.7 Å². The maximum absolute atomic E-state index is 12.2. The van der Waals surface area contributed by atoms with Gasteiger partial charge in [0, 0.05) is 18.9 Å². The number of hydrogen-bond donors (Lipinski definition) is 2. The van der Waals surface area contributed by atoms with Crippen molar-refractivity contribution in [2.45, 2.75) is 95.3 Å². The van der Waals surface area contributed by atoms with Crippen molar-refractivity contribution in [2.24, 2.45) is 5.92 Å². The van der Waals surface area contributed by atoms with Gasteiger partial charge in [-0.2, -0.15) is 0 Å². The fraction of sp³-hybridized carbons (Fsp3) is 0.895. The average molecular weight is 336 g/mol. The lowest BCUT2D eigenvalue weighted by Crippen LogP contribution is -2.47. The Morgan fingerprint density at radius 1 is 0.917 bits per heavy atom. The molecule has 136 valence electrons. The summed E-state index contributed by atoms with van der Waals surface area (Å²) in [5.74, 6) is 0.505. The molecule has 0 aromatic heterocycles. The van der Waals surface area contributed by atoms with E-state index in [-0.39, 0.29) is 29.9 Å². The molecule has 3 aliphatic rings. The minimum absolute atomic E-state index is 0.0996. The molecule has 3 fully saturated rings. The van der Waals surface area contributed by atoms with Crippen molar-refractivity contribution in [2.75, 3.05) is 6.54 Å². The number of rotatable bonds is 8. The molecule has 0 spiro atoms. The summed E-state index contributed by atoms with van der Waals surface area (Å²) in [5.41, 5.74) is 0. The molecule has 2 amide bonds. The van der Waals surface area contributed by atoms with Crippen molar-refractivity contribution in [3.8, 4) is 0 Å². The molecule has 0 saturated heterocycles. The van der Waals surface area contributed by atoms with Gasteiger partial charge < -0.3 is 15.4 Å². The van der Waals surface area contributed by atoms with E-state index >= 15 is 0 Å². The fourth-order valence-corrected chi connectivity index (χ4v) is 3.93. The minimum Gasteiger partial charge on any atom is -0.373 e. The second-order valence-electron chi connectivity index (χ2n) is 7.71. The van der Waals surface area contributed by atoms with Crippen LogP contribution in [0.5, 0.6) is 0 Å². The summed E-state index contributed by atoms with van der Waals surface area (Å²) < 4.78 is 6.28. The molecule has 0 unspecified atom stereocenters. The highest BCUT2D eigenvalue weighted by molar-refractivity contribution is 5.81. The molecule has 0 heterocycles. The first kappa shape index (κ1) is 17.7.